The molecule has 0 bridgehead atoms. The molecule has 0 aromatic rings. The number of nitrogens with two attached hydrogens (primary N) is 1. The van der Waals surface area contributed by atoms with E-state index >= 15 is 0 Å². The number of hydrogen-bond acceptors (Lipinski definition) is 3. The minimum Gasteiger partial charge on any atom is -0.343 e. The van der Waals surface area contributed by atoms with Gasteiger partial charge in [-0.3, -0.25) is 9.69 Å². The predicted molar refractivity (Wildman–Crippen MR) is 59.4 cm³/mol. The Labute approximate surface area is 91.4 Å². The Morgan fingerprint density at radius 1 is 1.07 bits per heavy atom. The lowest BCUT2D eigenvalue weighted by atomic mass is 9.89. The summed E-state index contributed by atoms with van der Waals surface area (Å²) in [4.78, 5) is 14.9. The van der Waals surface area contributed by atoms with Crippen molar-refractivity contribution >= 4 is 6.41 Å². The van der Waals surface area contributed by atoms with Gasteiger partial charge in [-0.05, 0) is 12.8 Å². The lowest BCUT2D eigenvalue weighted by molar-refractivity contribution is -0.120. The van der Waals surface area contributed by atoms with Crippen LogP contribution < -0.4 is 5.73 Å². The van der Waals surface area contributed by atoms with Crippen molar-refractivity contribution in [3.05, 3.63) is 0 Å². The van der Waals surface area contributed by atoms with Gasteiger partial charge in [0.15, 0.2) is 0 Å². The second-order valence-electron chi connectivity index (χ2n) is 4.69. The standard InChI is InChI=1S/C11H21N3O/c12-10-3-1-2-4-11(10)14-7-5-13(9-15)6-8-14/h9-11H,1-8,12H2. The third kappa shape index (κ3) is 2.49. The van der Waals surface area contributed by atoms with Gasteiger partial charge in [0.2, 0.25) is 6.41 Å². The quantitative estimate of drug-likeness (QED) is 0.656. The molecule has 0 aromatic carbocycles. The first kappa shape index (κ1) is 10.9. The third-order valence-corrected chi connectivity index (χ3v) is 3.75. The minimum atomic E-state index is 0.349. The minimum absolute atomic E-state index is 0.349. The fraction of sp³-hybridized carbons (Fsp3) is 0.909. The molecule has 15 heavy (non-hydrogen) atoms. The van der Waals surface area contributed by atoms with E-state index < -0.39 is 0 Å². The van der Waals surface area contributed by atoms with Crippen LogP contribution >= 0.6 is 0 Å². The molecule has 2 N–H and O–H groups in total. The maximum absolute atomic E-state index is 10.6. The van der Waals surface area contributed by atoms with E-state index in [4.69, 9.17) is 5.73 Å². The van der Waals surface area contributed by atoms with Crippen molar-refractivity contribution in [2.75, 3.05) is 26.2 Å². The van der Waals surface area contributed by atoms with Gasteiger partial charge in [-0.25, -0.2) is 0 Å². The molecular weight excluding hydrogens is 190 g/mol. The van der Waals surface area contributed by atoms with Crippen molar-refractivity contribution < 1.29 is 4.79 Å². The smallest absolute Gasteiger partial charge is 0.209 e. The molecule has 1 aliphatic carbocycles. The van der Waals surface area contributed by atoms with E-state index in [9.17, 15) is 4.79 Å². The van der Waals surface area contributed by atoms with E-state index in [0.29, 0.717) is 12.1 Å². The third-order valence-electron chi connectivity index (χ3n) is 3.75. The van der Waals surface area contributed by atoms with Crippen molar-refractivity contribution in [1.29, 1.82) is 0 Å². The fourth-order valence-corrected chi connectivity index (χ4v) is 2.77. The van der Waals surface area contributed by atoms with Gasteiger partial charge in [-0.2, -0.15) is 0 Å². The monoisotopic (exact) mass is 211 g/mol. The van der Waals surface area contributed by atoms with Crippen LogP contribution in [-0.4, -0.2) is 54.5 Å². The molecule has 4 heteroatoms. The average molecular weight is 211 g/mol. The maximum Gasteiger partial charge on any atom is 0.209 e. The molecule has 2 unspecified atom stereocenters. The highest BCUT2D eigenvalue weighted by molar-refractivity contribution is 5.47. The molecule has 0 radical (unpaired) electrons. The van der Waals surface area contributed by atoms with Gasteiger partial charge in [-0.15, -0.1) is 0 Å². The molecule has 1 aliphatic heterocycles. The number of amides is 1. The van der Waals surface area contributed by atoms with Crippen LogP contribution in [0.1, 0.15) is 25.7 Å². The van der Waals surface area contributed by atoms with Gasteiger partial charge in [0, 0.05) is 38.3 Å². The zero-order valence-electron chi connectivity index (χ0n) is 9.27. The molecule has 1 heterocycles. The van der Waals surface area contributed by atoms with Crippen LogP contribution in [0, 0.1) is 0 Å². The van der Waals surface area contributed by atoms with E-state index in [1.54, 1.807) is 0 Å². The first-order chi connectivity index (χ1) is 7.31. The number of hydrogen-bond donors (Lipinski definition) is 1. The number of rotatable bonds is 2. The van der Waals surface area contributed by atoms with Crippen LogP contribution in [0.15, 0.2) is 0 Å². The molecule has 1 saturated heterocycles. The van der Waals surface area contributed by atoms with E-state index in [-0.39, 0.29) is 0 Å². The Bertz CT molecular complexity index is 214. The topological polar surface area (TPSA) is 49.6 Å². The highest BCUT2D eigenvalue weighted by atomic mass is 16.1. The molecule has 2 fully saturated rings. The predicted octanol–water partition coefficient (Wildman–Crippen LogP) is 0.0303. The summed E-state index contributed by atoms with van der Waals surface area (Å²) in [7, 11) is 0. The summed E-state index contributed by atoms with van der Waals surface area (Å²) in [5.74, 6) is 0. The zero-order chi connectivity index (χ0) is 10.7. The van der Waals surface area contributed by atoms with Gasteiger partial charge in [0.1, 0.15) is 0 Å². The van der Waals surface area contributed by atoms with Gasteiger partial charge in [0.05, 0.1) is 0 Å². The average Bonchev–Trinajstić information content (AvgIpc) is 2.30. The molecular formula is C11H21N3O. The lowest BCUT2D eigenvalue weighted by Crippen LogP contribution is -2.56. The molecule has 2 atom stereocenters. The van der Waals surface area contributed by atoms with Gasteiger partial charge in [0.25, 0.3) is 0 Å². The van der Waals surface area contributed by atoms with Crippen LogP contribution in [0.25, 0.3) is 0 Å². The zero-order valence-corrected chi connectivity index (χ0v) is 9.27. The highest BCUT2D eigenvalue weighted by Crippen LogP contribution is 2.22. The van der Waals surface area contributed by atoms with E-state index in [0.717, 1.165) is 32.6 Å². The van der Waals surface area contributed by atoms with Crippen molar-refractivity contribution in [2.24, 2.45) is 5.73 Å². The second kappa shape index (κ2) is 4.94. The Morgan fingerprint density at radius 2 is 1.73 bits per heavy atom. The Kier molecular flexibility index (Phi) is 3.59. The molecule has 2 rings (SSSR count). The lowest BCUT2D eigenvalue weighted by Gasteiger charge is -2.42. The number of carbonyl (C=O) groups excluding carboxylic acids is 1. The first-order valence-corrected chi connectivity index (χ1v) is 6.00. The Morgan fingerprint density at radius 3 is 2.33 bits per heavy atom. The summed E-state index contributed by atoms with van der Waals surface area (Å²) in [6.07, 6.45) is 5.96. The Hall–Kier alpha value is -0.610. The van der Waals surface area contributed by atoms with E-state index in [1.807, 2.05) is 4.90 Å². The van der Waals surface area contributed by atoms with Crippen molar-refractivity contribution in [2.45, 2.75) is 37.8 Å². The van der Waals surface area contributed by atoms with Crippen LogP contribution in [0.3, 0.4) is 0 Å². The van der Waals surface area contributed by atoms with Crippen LogP contribution in [-0.2, 0) is 4.79 Å². The van der Waals surface area contributed by atoms with E-state index in [2.05, 4.69) is 4.90 Å². The van der Waals surface area contributed by atoms with Crippen LogP contribution in [0.5, 0.6) is 0 Å². The maximum atomic E-state index is 10.6. The molecule has 1 saturated carbocycles. The summed E-state index contributed by atoms with van der Waals surface area (Å²) < 4.78 is 0. The van der Waals surface area contributed by atoms with Gasteiger partial charge >= 0.3 is 0 Å². The molecule has 0 spiro atoms. The second-order valence-corrected chi connectivity index (χ2v) is 4.69. The highest BCUT2D eigenvalue weighted by Gasteiger charge is 2.29. The van der Waals surface area contributed by atoms with Crippen LogP contribution in [0.2, 0.25) is 0 Å². The molecule has 1 amide bonds. The number of carbonyl (C=O) groups is 1. The van der Waals surface area contributed by atoms with Crippen molar-refractivity contribution in [1.82, 2.24) is 9.80 Å². The van der Waals surface area contributed by atoms with Gasteiger partial charge in [-0.1, -0.05) is 12.8 Å². The first-order valence-electron chi connectivity index (χ1n) is 6.00. The summed E-state index contributed by atoms with van der Waals surface area (Å²) in [5, 5.41) is 0. The summed E-state index contributed by atoms with van der Waals surface area (Å²) >= 11 is 0. The molecule has 86 valence electrons. The van der Waals surface area contributed by atoms with Crippen molar-refractivity contribution in [3.8, 4) is 0 Å². The molecule has 2 aliphatic rings. The fourth-order valence-electron chi connectivity index (χ4n) is 2.77. The number of piperazine rings is 1. The van der Waals surface area contributed by atoms with E-state index in [1.165, 1.54) is 25.7 Å². The summed E-state index contributed by atoms with van der Waals surface area (Å²) in [5.41, 5.74) is 6.15. The number of nitrogens with zero attached hydrogens (tertiary/aromatic N) is 2. The van der Waals surface area contributed by atoms with Crippen molar-refractivity contribution in [3.63, 3.8) is 0 Å². The molecule has 0 aromatic heterocycles. The molecule has 4 nitrogen and oxygen atoms in total. The van der Waals surface area contributed by atoms with Crippen LogP contribution in [0.4, 0.5) is 0 Å². The normalized spacial score (nSPS) is 34.1. The summed E-state index contributed by atoms with van der Waals surface area (Å²) in [6, 6.07) is 0.911. The van der Waals surface area contributed by atoms with Gasteiger partial charge < -0.3 is 10.6 Å². The largest absolute Gasteiger partial charge is 0.343 e. The summed E-state index contributed by atoms with van der Waals surface area (Å²) in [6.45, 7) is 3.73. The Balaban J connectivity index is 1.86. The SMILES string of the molecule is NC1CCCCC1N1CCN(C=O)CC1.